The molecule has 0 saturated heterocycles. The maximum Gasteiger partial charge on any atom is 0.315 e. The largest absolute Gasteiger partial charge is 0.508 e. The van der Waals surface area contributed by atoms with Crippen LogP contribution in [0.5, 0.6) is 5.75 Å². The molecule has 2 amide bonds. The van der Waals surface area contributed by atoms with E-state index in [1.807, 2.05) is 13.0 Å². The van der Waals surface area contributed by atoms with E-state index in [0.717, 1.165) is 18.4 Å². The number of amides is 2. The summed E-state index contributed by atoms with van der Waals surface area (Å²) in [6.45, 7) is 1.92. The summed E-state index contributed by atoms with van der Waals surface area (Å²) in [5, 5.41) is 15.7. The molecule has 4 atom stereocenters. The highest BCUT2D eigenvalue weighted by atomic mass is 16.3. The minimum absolute atomic E-state index is 0.136. The Hall–Kier alpha value is -2.49. The van der Waals surface area contributed by atoms with Gasteiger partial charge in [0.25, 0.3) is 0 Å². The average molecular weight is 322 g/mol. The van der Waals surface area contributed by atoms with E-state index in [-0.39, 0.29) is 23.9 Å². The molecule has 0 bridgehead atoms. The second-order valence-electron chi connectivity index (χ2n) is 6.89. The van der Waals surface area contributed by atoms with Gasteiger partial charge >= 0.3 is 6.03 Å². The molecule has 3 N–H and O–H groups in total. The van der Waals surface area contributed by atoms with Crippen LogP contribution in [0, 0.1) is 5.92 Å². The van der Waals surface area contributed by atoms with Gasteiger partial charge in [0.05, 0.1) is 6.04 Å². The van der Waals surface area contributed by atoms with Crippen molar-refractivity contribution < 1.29 is 9.90 Å². The van der Waals surface area contributed by atoms with Gasteiger partial charge in [0.1, 0.15) is 5.75 Å². The number of hydrogen-bond acceptors (Lipinski definition) is 2. The lowest BCUT2D eigenvalue weighted by molar-refractivity contribution is 0.237. The molecule has 4 rings (SSSR count). The highest BCUT2D eigenvalue weighted by Gasteiger charge is 2.53. The van der Waals surface area contributed by atoms with Crippen molar-refractivity contribution >= 4 is 6.03 Å². The monoisotopic (exact) mass is 322 g/mol. The van der Waals surface area contributed by atoms with Crippen LogP contribution in [0.25, 0.3) is 0 Å². The third kappa shape index (κ3) is 2.73. The number of phenolic OH excluding ortho intramolecular Hbond substituents is 1. The maximum atomic E-state index is 12.3. The third-order valence-electron chi connectivity index (χ3n) is 5.35. The van der Waals surface area contributed by atoms with Gasteiger partial charge < -0.3 is 15.7 Å². The van der Waals surface area contributed by atoms with Gasteiger partial charge in [-0.1, -0.05) is 36.4 Å². The van der Waals surface area contributed by atoms with Crippen molar-refractivity contribution in [3.8, 4) is 5.75 Å². The van der Waals surface area contributed by atoms with Gasteiger partial charge in [-0.25, -0.2) is 4.79 Å². The van der Waals surface area contributed by atoms with Crippen molar-refractivity contribution in [3.05, 3.63) is 65.2 Å². The fourth-order valence-electron chi connectivity index (χ4n) is 4.03. The molecule has 0 aliphatic heterocycles. The molecule has 0 radical (unpaired) electrons. The van der Waals surface area contributed by atoms with Crippen molar-refractivity contribution in [1.82, 2.24) is 10.6 Å². The van der Waals surface area contributed by atoms with Crippen molar-refractivity contribution in [3.63, 3.8) is 0 Å². The molecule has 4 nitrogen and oxygen atoms in total. The van der Waals surface area contributed by atoms with E-state index in [9.17, 15) is 9.90 Å². The zero-order valence-electron chi connectivity index (χ0n) is 13.7. The third-order valence-corrected chi connectivity index (χ3v) is 5.35. The zero-order valence-corrected chi connectivity index (χ0v) is 13.7. The summed E-state index contributed by atoms with van der Waals surface area (Å²) >= 11 is 0. The highest BCUT2D eigenvalue weighted by molar-refractivity contribution is 5.75. The molecule has 1 fully saturated rings. The molecular formula is C20H22N2O2. The summed E-state index contributed by atoms with van der Waals surface area (Å²) < 4.78 is 0. The Morgan fingerprint density at radius 1 is 1.21 bits per heavy atom. The number of fused-ring (bicyclic) bond motifs is 3. The number of benzene rings is 2. The number of rotatable bonds is 3. The first kappa shape index (κ1) is 15.1. The fourth-order valence-corrected chi connectivity index (χ4v) is 4.03. The molecule has 0 spiro atoms. The molecule has 124 valence electrons. The lowest BCUT2D eigenvalue weighted by Gasteiger charge is -2.15. The quantitative estimate of drug-likeness (QED) is 0.810. The second-order valence-corrected chi connectivity index (χ2v) is 6.89. The Kier molecular flexibility index (Phi) is 3.68. The normalized spacial score (nSPS) is 25.1. The molecule has 0 heterocycles. The van der Waals surface area contributed by atoms with Crippen LogP contribution in [0.2, 0.25) is 0 Å². The van der Waals surface area contributed by atoms with Crippen LogP contribution in [0.1, 0.15) is 42.0 Å². The van der Waals surface area contributed by atoms with Crippen molar-refractivity contribution in [2.75, 3.05) is 0 Å². The predicted octanol–water partition coefficient (Wildman–Crippen LogP) is 3.48. The van der Waals surface area contributed by atoms with Gasteiger partial charge in [-0.3, -0.25) is 0 Å². The van der Waals surface area contributed by atoms with E-state index < -0.39 is 0 Å². The minimum atomic E-state index is -0.148. The lowest BCUT2D eigenvalue weighted by Crippen LogP contribution is -2.39. The van der Waals surface area contributed by atoms with Gasteiger partial charge in [-0.05, 0) is 54.5 Å². The second kappa shape index (κ2) is 5.86. The Morgan fingerprint density at radius 3 is 2.88 bits per heavy atom. The molecule has 2 aromatic carbocycles. The lowest BCUT2D eigenvalue weighted by atomic mass is 9.92. The smallest absolute Gasteiger partial charge is 0.315 e. The SMILES string of the molecule is C[C@@H](NC(=O)NC1C2CCc3ccccc3C21)c1cccc(O)c1. The highest BCUT2D eigenvalue weighted by Crippen LogP contribution is 2.54. The summed E-state index contributed by atoms with van der Waals surface area (Å²) in [6.07, 6.45) is 2.26. The molecule has 4 heteroatoms. The first-order chi connectivity index (χ1) is 11.6. The Bertz CT molecular complexity index is 774. The molecule has 2 aliphatic rings. The van der Waals surface area contributed by atoms with Crippen LogP contribution >= 0.6 is 0 Å². The molecule has 3 unspecified atom stereocenters. The molecule has 2 aromatic rings. The number of carbonyl (C=O) groups excluding carboxylic acids is 1. The molecule has 1 saturated carbocycles. The Labute approximate surface area is 141 Å². The number of aryl methyl sites for hydroxylation is 1. The van der Waals surface area contributed by atoms with Gasteiger partial charge in [-0.15, -0.1) is 0 Å². The van der Waals surface area contributed by atoms with Crippen LogP contribution in [0.4, 0.5) is 4.79 Å². The van der Waals surface area contributed by atoms with Crippen LogP contribution < -0.4 is 10.6 Å². The maximum absolute atomic E-state index is 12.3. The summed E-state index contributed by atoms with van der Waals surface area (Å²) in [5.74, 6) is 1.25. The number of aromatic hydroxyl groups is 1. The van der Waals surface area contributed by atoms with Crippen molar-refractivity contribution in [2.45, 2.75) is 37.8 Å². The van der Waals surface area contributed by atoms with E-state index >= 15 is 0 Å². The molecule has 24 heavy (non-hydrogen) atoms. The molecule has 0 aromatic heterocycles. The van der Waals surface area contributed by atoms with E-state index in [4.69, 9.17) is 0 Å². The number of urea groups is 1. The fraction of sp³-hybridized carbons (Fsp3) is 0.350. The van der Waals surface area contributed by atoms with Crippen LogP contribution in [0.15, 0.2) is 48.5 Å². The van der Waals surface area contributed by atoms with Gasteiger partial charge in [0, 0.05) is 12.0 Å². The Balaban J connectivity index is 1.38. The summed E-state index contributed by atoms with van der Waals surface area (Å²) in [5.41, 5.74) is 3.72. The van der Waals surface area contributed by atoms with Crippen LogP contribution in [-0.2, 0) is 6.42 Å². The minimum Gasteiger partial charge on any atom is -0.508 e. The standard InChI is InChI=1S/C20H22N2O2/c1-12(14-6-4-7-15(23)11-14)21-20(24)22-19-17-10-9-13-5-2-3-8-16(13)18(17)19/h2-8,11-12,17-19,23H,9-10H2,1H3,(H2,21,22,24)/t12-,17?,18?,19?/m1/s1. The number of nitrogens with one attached hydrogen (secondary N) is 2. The topological polar surface area (TPSA) is 61.4 Å². The van der Waals surface area contributed by atoms with Gasteiger partial charge in [0.15, 0.2) is 0 Å². The van der Waals surface area contributed by atoms with Crippen LogP contribution in [0.3, 0.4) is 0 Å². The van der Waals surface area contributed by atoms with E-state index in [2.05, 4.69) is 34.9 Å². The van der Waals surface area contributed by atoms with Crippen molar-refractivity contribution in [2.24, 2.45) is 5.92 Å². The number of hydrogen-bond donors (Lipinski definition) is 3. The Morgan fingerprint density at radius 2 is 2.04 bits per heavy atom. The predicted molar refractivity (Wildman–Crippen MR) is 93.0 cm³/mol. The first-order valence-corrected chi connectivity index (χ1v) is 8.57. The van der Waals surface area contributed by atoms with Gasteiger partial charge in [-0.2, -0.15) is 0 Å². The van der Waals surface area contributed by atoms with E-state index in [0.29, 0.717) is 11.8 Å². The average Bonchev–Trinajstić information content (AvgIpc) is 3.28. The first-order valence-electron chi connectivity index (χ1n) is 8.57. The summed E-state index contributed by atoms with van der Waals surface area (Å²) in [4.78, 5) is 12.3. The zero-order chi connectivity index (χ0) is 16.7. The van der Waals surface area contributed by atoms with Crippen molar-refractivity contribution in [1.29, 1.82) is 0 Å². The van der Waals surface area contributed by atoms with Crippen LogP contribution in [-0.4, -0.2) is 17.2 Å². The van der Waals surface area contributed by atoms with E-state index in [1.54, 1.807) is 18.2 Å². The summed E-state index contributed by atoms with van der Waals surface area (Å²) in [7, 11) is 0. The summed E-state index contributed by atoms with van der Waals surface area (Å²) in [6, 6.07) is 15.5. The molecular weight excluding hydrogens is 300 g/mol. The number of carbonyl (C=O) groups is 1. The van der Waals surface area contributed by atoms with E-state index in [1.165, 1.54) is 11.1 Å². The number of phenols is 1. The van der Waals surface area contributed by atoms with Gasteiger partial charge in [0.2, 0.25) is 0 Å². The molecule has 2 aliphatic carbocycles.